The fourth-order valence-corrected chi connectivity index (χ4v) is 4.52. The van der Waals surface area contributed by atoms with Crippen LogP contribution >= 0.6 is 0 Å². The Hall–Kier alpha value is -1.87. The molecule has 0 radical (unpaired) electrons. The molecule has 9 heteroatoms. The molecule has 1 amide bonds. The zero-order valence-corrected chi connectivity index (χ0v) is 14.9. The normalized spacial score (nSPS) is 18.8. The molecule has 0 spiro atoms. The van der Waals surface area contributed by atoms with Gasteiger partial charge in [-0.05, 0) is 40.0 Å². The number of hydrogen-bond acceptors (Lipinski definition) is 5. The lowest BCUT2D eigenvalue weighted by Gasteiger charge is -2.16. The minimum atomic E-state index is -3.95. The first-order valence-electron chi connectivity index (χ1n) is 7.94. The number of ether oxygens (including phenoxy) is 1. The molecule has 0 saturated carbocycles. The quantitative estimate of drug-likeness (QED) is 0.672. The molecule has 134 valence electrons. The molecule has 1 fully saturated rings. The van der Waals surface area contributed by atoms with E-state index in [1.807, 2.05) is 0 Å². The molecular formula is C15H23N3O5S. The third-order valence-corrected chi connectivity index (χ3v) is 5.69. The highest BCUT2D eigenvalue weighted by Gasteiger charge is 2.31. The van der Waals surface area contributed by atoms with Crippen LogP contribution in [0.25, 0.3) is 0 Å². The van der Waals surface area contributed by atoms with Gasteiger partial charge in [-0.15, -0.1) is 0 Å². The first kappa shape index (κ1) is 18.5. The van der Waals surface area contributed by atoms with Crippen LogP contribution in [0.2, 0.25) is 0 Å². The number of esters is 1. The zero-order valence-electron chi connectivity index (χ0n) is 14.1. The largest absolute Gasteiger partial charge is 0.461 e. The van der Waals surface area contributed by atoms with Crippen LogP contribution < -0.4 is 10.0 Å². The second-order valence-electron chi connectivity index (χ2n) is 5.76. The third kappa shape index (κ3) is 3.78. The number of aromatic amines is 1. The van der Waals surface area contributed by atoms with Gasteiger partial charge in [-0.25, -0.2) is 13.2 Å². The lowest BCUT2D eigenvalue weighted by Crippen LogP contribution is -2.45. The first-order chi connectivity index (χ1) is 11.3. The Morgan fingerprint density at radius 2 is 2.04 bits per heavy atom. The summed E-state index contributed by atoms with van der Waals surface area (Å²) in [5, 5.41) is 2.69. The molecule has 1 aromatic heterocycles. The van der Waals surface area contributed by atoms with E-state index >= 15 is 0 Å². The summed E-state index contributed by atoms with van der Waals surface area (Å²) >= 11 is 0. The summed E-state index contributed by atoms with van der Waals surface area (Å²) in [5.41, 5.74) is 0.726. The van der Waals surface area contributed by atoms with Crippen LogP contribution in [0, 0.1) is 13.8 Å². The molecule has 1 saturated heterocycles. The Bertz CT molecular complexity index is 739. The number of carbonyl (C=O) groups is 2. The Balaban J connectivity index is 2.32. The molecule has 3 N–H and O–H groups in total. The molecule has 0 bridgehead atoms. The van der Waals surface area contributed by atoms with E-state index < -0.39 is 22.0 Å². The highest BCUT2D eigenvalue weighted by molar-refractivity contribution is 7.89. The van der Waals surface area contributed by atoms with Crippen molar-refractivity contribution in [3.63, 3.8) is 0 Å². The number of hydrogen-bond donors (Lipinski definition) is 3. The number of carbonyl (C=O) groups excluding carboxylic acids is 2. The predicted octanol–water partition coefficient (Wildman–Crippen LogP) is 0.755. The Morgan fingerprint density at radius 3 is 2.71 bits per heavy atom. The molecular weight excluding hydrogens is 334 g/mol. The summed E-state index contributed by atoms with van der Waals surface area (Å²) in [6.07, 6.45) is 2.02. The van der Waals surface area contributed by atoms with E-state index in [-0.39, 0.29) is 28.7 Å². The highest BCUT2D eigenvalue weighted by atomic mass is 32.2. The van der Waals surface area contributed by atoms with Crippen LogP contribution in [0.4, 0.5) is 0 Å². The number of amides is 1. The van der Waals surface area contributed by atoms with Crippen molar-refractivity contribution in [3.05, 3.63) is 17.0 Å². The van der Waals surface area contributed by atoms with Gasteiger partial charge < -0.3 is 15.0 Å². The molecule has 0 aliphatic carbocycles. The molecule has 1 aliphatic heterocycles. The van der Waals surface area contributed by atoms with E-state index in [0.29, 0.717) is 18.7 Å². The van der Waals surface area contributed by atoms with E-state index in [0.717, 1.165) is 12.8 Å². The van der Waals surface area contributed by atoms with Gasteiger partial charge in [0, 0.05) is 17.8 Å². The van der Waals surface area contributed by atoms with Gasteiger partial charge in [-0.2, -0.15) is 4.72 Å². The lowest BCUT2D eigenvalue weighted by molar-refractivity contribution is -0.122. The van der Waals surface area contributed by atoms with Crippen molar-refractivity contribution in [2.24, 2.45) is 0 Å². The number of rotatable bonds is 5. The van der Waals surface area contributed by atoms with Gasteiger partial charge in [0.2, 0.25) is 15.9 Å². The average Bonchev–Trinajstić information content (AvgIpc) is 2.67. The maximum Gasteiger partial charge on any atom is 0.355 e. The molecule has 2 heterocycles. The van der Waals surface area contributed by atoms with Crippen molar-refractivity contribution in [2.75, 3.05) is 13.2 Å². The molecule has 8 nitrogen and oxygen atoms in total. The van der Waals surface area contributed by atoms with E-state index in [1.54, 1.807) is 13.8 Å². The van der Waals surface area contributed by atoms with E-state index in [9.17, 15) is 18.0 Å². The summed E-state index contributed by atoms with van der Waals surface area (Å²) in [6, 6.07) is -0.808. The van der Waals surface area contributed by atoms with Crippen molar-refractivity contribution < 1.29 is 22.7 Å². The lowest BCUT2D eigenvalue weighted by atomic mass is 10.1. The molecule has 1 atom stereocenters. The van der Waals surface area contributed by atoms with E-state index in [2.05, 4.69) is 15.0 Å². The topological polar surface area (TPSA) is 117 Å². The monoisotopic (exact) mass is 357 g/mol. The van der Waals surface area contributed by atoms with Crippen LogP contribution in [-0.2, 0) is 19.6 Å². The minimum Gasteiger partial charge on any atom is -0.461 e. The Labute approximate surface area is 141 Å². The SMILES string of the molecule is CCOC(=O)c1[nH]c(C)c(S(=O)(=O)N[C@H]2CCCCNC2=O)c1C. The standard InChI is InChI=1S/C15H23N3O5S/c1-4-23-15(20)12-9(2)13(10(3)17-12)24(21,22)18-11-7-5-6-8-16-14(11)19/h11,17-18H,4-8H2,1-3H3,(H,16,19)/t11-/m0/s1. The summed E-state index contributed by atoms with van der Waals surface area (Å²) in [4.78, 5) is 26.6. The third-order valence-electron chi connectivity index (χ3n) is 3.95. The Morgan fingerprint density at radius 1 is 1.33 bits per heavy atom. The van der Waals surface area contributed by atoms with Crippen molar-refractivity contribution in [3.8, 4) is 0 Å². The van der Waals surface area contributed by atoms with Gasteiger partial charge >= 0.3 is 5.97 Å². The predicted molar refractivity (Wildman–Crippen MR) is 87.2 cm³/mol. The fraction of sp³-hybridized carbons (Fsp3) is 0.600. The molecule has 2 rings (SSSR count). The molecule has 0 unspecified atom stereocenters. The van der Waals surface area contributed by atoms with Crippen LogP contribution in [0.15, 0.2) is 4.90 Å². The first-order valence-corrected chi connectivity index (χ1v) is 9.42. The molecule has 1 aromatic rings. The van der Waals surface area contributed by atoms with Crippen LogP contribution in [-0.4, -0.2) is 44.5 Å². The number of H-pyrrole nitrogens is 1. The Kier molecular flexibility index (Phi) is 5.66. The highest BCUT2D eigenvalue weighted by Crippen LogP contribution is 2.24. The van der Waals surface area contributed by atoms with Crippen molar-refractivity contribution in [1.82, 2.24) is 15.0 Å². The van der Waals surface area contributed by atoms with Gasteiger partial charge in [-0.3, -0.25) is 4.79 Å². The second kappa shape index (κ2) is 7.35. The smallest absolute Gasteiger partial charge is 0.355 e. The number of aryl methyl sites for hydroxylation is 1. The summed E-state index contributed by atoms with van der Waals surface area (Å²) in [6.45, 7) is 5.52. The maximum atomic E-state index is 12.7. The second-order valence-corrected chi connectivity index (χ2v) is 7.41. The van der Waals surface area contributed by atoms with Crippen LogP contribution in [0.1, 0.15) is 47.9 Å². The number of sulfonamides is 1. The molecule has 24 heavy (non-hydrogen) atoms. The summed E-state index contributed by atoms with van der Waals surface area (Å²) in [7, 11) is -3.95. The molecule has 1 aliphatic rings. The minimum absolute atomic E-state index is 0.0115. The van der Waals surface area contributed by atoms with Gasteiger partial charge in [-0.1, -0.05) is 0 Å². The van der Waals surface area contributed by atoms with Crippen LogP contribution in [0.5, 0.6) is 0 Å². The molecule has 0 aromatic carbocycles. The van der Waals surface area contributed by atoms with Gasteiger partial charge in [0.25, 0.3) is 0 Å². The van der Waals surface area contributed by atoms with E-state index in [4.69, 9.17) is 4.74 Å². The van der Waals surface area contributed by atoms with Gasteiger partial charge in [0.1, 0.15) is 16.6 Å². The number of aromatic nitrogens is 1. The van der Waals surface area contributed by atoms with Crippen molar-refractivity contribution in [1.29, 1.82) is 0 Å². The van der Waals surface area contributed by atoms with Crippen molar-refractivity contribution in [2.45, 2.75) is 51.0 Å². The summed E-state index contributed by atoms with van der Waals surface area (Å²) < 4.78 is 32.8. The van der Waals surface area contributed by atoms with E-state index in [1.165, 1.54) is 6.92 Å². The van der Waals surface area contributed by atoms with Gasteiger partial charge in [0.15, 0.2) is 0 Å². The fourth-order valence-electron chi connectivity index (χ4n) is 2.84. The zero-order chi connectivity index (χ0) is 17.9. The van der Waals surface area contributed by atoms with Crippen molar-refractivity contribution >= 4 is 21.9 Å². The maximum absolute atomic E-state index is 12.7. The van der Waals surface area contributed by atoms with Crippen LogP contribution in [0.3, 0.4) is 0 Å². The van der Waals surface area contributed by atoms with Gasteiger partial charge in [0.05, 0.1) is 6.61 Å². The summed E-state index contributed by atoms with van der Waals surface area (Å²) in [5.74, 6) is -0.931. The average molecular weight is 357 g/mol. The number of nitrogens with one attached hydrogen (secondary N) is 3.